The van der Waals surface area contributed by atoms with E-state index in [2.05, 4.69) is 53.4 Å². The molecule has 0 aliphatic rings. The van der Waals surface area contributed by atoms with E-state index in [4.69, 9.17) is 5.26 Å². The Morgan fingerprint density at radius 2 is 2.06 bits per heavy atom. The summed E-state index contributed by atoms with van der Waals surface area (Å²) in [4.78, 5) is 0. The molecule has 1 aromatic carbocycles. The van der Waals surface area contributed by atoms with Crippen molar-refractivity contribution >= 4 is 43.4 Å². The van der Waals surface area contributed by atoms with Crippen molar-refractivity contribution in [3.05, 3.63) is 45.0 Å². The molecule has 2 aromatic rings. The molecule has 0 saturated carbocycles. The molecule has 2 rings (SSSR count). The van der Waals surface area contributed by atoms with Gasteiger partial charge in [-0.3, -0.25) is 0 Å². The van der Waals surface area contributed by atoms with Gasteiger partial charge in [-0.15, -0.1) is 5.10 Å². The van der Waals surface area contributed by atoms with Crippen molar-refractivity contribution in [1.29, 1.82) is 5.26 Å². The Kier molecular flexibility index (Phi) is 3.71. The van der Waals surface area contributed by atoms with Crippen LogP contribution < -0.4 is 5.32 Å². The lowest BCUT2D eigenvalue weighted by molar-refractivity contribution is 1.03. The third-order valence-corrected chi connectivity index (χ3v) is 3.21. The van der Waals surface area contributed by atoms with Gasteiger partial charge in [0, 0.05) is 8.95 Å². The van der Waals surface area contributed by atoms with Gasteiger partial charge in [-0.05, 0) is 40.2 Å². The van der Waals surface area contributed by atoms with E-state index < -0.39 is 0 Å². The van der Waals surface area contributed by atoms with E-state index in [9.17, 15) is 0 Å². The molecule has 1 N–H and O–H groups in total. The molecule has 0 bridgehead atoms. The van der Waals surface area contributed by atoms with E-state index in [1.807, 2.05) is 18.2 Å². The highest BCUT2D eigenvalue weighted by atomic mass is 79.9. The van der Waals surface area contributed by atoms with Gasteiger partial charge in [0.25, 0.3) is 0 Å². The smallest absolute Gasteiger partial charge is 0.171 e. The molecule has 1 aromatic heterocycles. The molecule has 1 heterocycles. The van der Waals surface area contributed by atoms with Crippen LogP contribution in [-0.4, -0.2) is 10.2 Å². The van der Waals surface area contributed by atoms with Crippen molar-refractivity contribution in [3.63, 3.8) is 0 Å². The second-order valence-electron chi connectivity index (χ2n) is 3.15. The maximum atomic E-state index is 8.94. The first kappa shape index (κ1) is 12.0. The van der Waals surface area contributed by atoms with Crippen molar-refractivity contribution in [2.24, 2.45) is 0 Å². The van der Waals surface area contributed by atoms with E-state index in [0.29, 0.717) is 11.4 Å². The number of nitrogens with one attached hydrogen (secondary N) is 1. The van der Waals surface area contributed by atoms with Gasteiger partial charge in [-0.2, -0.15) is 10.4 Å². The summed E-state index contributed by atoms with van der Waals surface area (Å²) in [7, 11) is 0. The highest BCUT2D eigenvalue weighted by Gasteiger charge is 2.06. The topological polar surface area (TPSA) is 61.6 Å². The summed E-state index contributed by atoms with van der Waals surface area (Å²) in [6, 6.07) is 9.37. The van der Waals surface area contributed by atoms with Gasteiger partial charge in [0.15, 0.2) is 5.82 Å². The zero-order valence-electron chi connectivity index (χ0n) is 8.48. The van der Waals surface area contributed by atoms with Crippen LogP contribution >= 0.6 is 31.9 Å². The molecule has 4 nitrogen and oxygen atoms in total. The van der Waals surface area contributed by atoms with Crippen LogP contribution in [0.3, 0.4) is 0 Å². The highest BCUT2D eigenvalue weighted by molar-refractivity contribution is 9.11. The van der Waals surface area contributed by atoms with Crippen LogP contribution in [0, 0.1) is 11.3 Å². The van der Waals surface area contributed by atoms with Gasteiger partial charge in [0.05, 0.1) is 17.4 Å². The van der Waals surface area contributed by atoms with Crippen LogP contribution in [-0.2, 0) is 0 Å². The van der Waals surface area contributed by atoms with Crippen molar-refractivity contribution in [1.82, 2.24) is 10.2 Å². The molecule has 0 unspecified atom stereocenters. The van der Waals surface area contributed by atoms with E-state index in [-0.39, 0.29) is 0 Å². The van der Waals surface area contributed by atoms with Gasteiger partial charge >= 0.3 is 0 Å². The summed E-state index contributed by atoms with van der Waals surface area (Å²) in [5, 5.41) is 19.6. The summed E-state index contributed by atoms with van der Waals surface area (Å²) < 4.78 is 1.82. The standard InChI is InChI=1S/C11H6Br2N4/c12-8-1-2-9(13)10(5-8)16-11-7(6-14)3-4-15-17-11/h1-5H,(H,16,17). The summed E-state index contributed by atoms with van der Waals surface area (Å²) >= 11 is 6.80. The SMILES string of the molecule is N#Cc1ccnnc1Nc1cc(Br)ccc1Br. The number of nitriles is 1. The van der Waals surface area contributed by atoms with E-state index >= 15 is 0 Å². The van der Waals surface area contributed by atoms with Crippen LogP contribution in [0.15, 0.2) is 39.4 Å². The molecule has 84 valence electrons. The summed E-state index contributed by atoms with van der Waals surface area (Å²) in [5.74, 6) is 0.439. The average Bonchev–Trinajstić information content (AvgIpc) is 2.34. The summed E-state index contributed by atoms with van der Waals surface area (Å²) in [5.41, 5.74) is 1.27. The fourth-order valence-electron chi connectivity index (χ4n) is 1.24. The quantitative estimate of drug-likeness (QED) is 0.895. The number of aromatic nitrogens is 2. The minimum atomic E-state index is 0.439. The summed E-state index contributed by atoms with van der Waals surface area (Å²) in [6.45, 7) is 0. The number of hydrogen-bond donors (Lipinski definition) is 1. The monoisotopic (exact) mass is 352 g/mol. The molecule has 6 heteroatoms. The Hall–Kier alpha value is -1.45. The fourth-order valence-corrected chi connectivity index (χ4v) is 1.94. The van der Waals surface area contributed by atoms with E-state index in [1.165, 1.54) is 6.20 Å². The van der Waals surface area contributed by atoms with Gasteiger partial charge in [0.1, 0.15) is 6.07 Å². The number of nitrogens with zero attached hydrogens (tertiary/aromatic N) is 3. The fraction of sp³-hybridized carbons (Fsp3) is 0. The van der Waals surface area contributed by atoms with E-state index in [1.54, 1.807) is 6.07 Å². The second kappa shape index (κ2) is 5.25. The van der Waals surface area contributed by atoms with Crippen LogP contribution in [0.1, 0.15) is 5.56 Å². The van der Waals surface area contributed by atoms with Crippen LogP contribution in [0.25, 0.3) is 0 Å². The molecule has 17 heavy (non-hydrogen) atoms. The van der Waals surface area contributed by atoms with Gasteiger partial charge in [0.2, 0.25) is 0 Å². The lowest BCUT2D eigenvalue weighted by atomic mass is 10.3. The van der Waals surface area contributed by atoms with E-state index in [0.717, 1.165) is 14.6 Å². The maximum Gasteiger partial charge on any atom is 0.171 e. The van der Waals surface area contributed by atoms with Gasteiger partial charge in [-0.25, -0.2) is 0 Å². The molecule has 0 aliphatic heterocycles. The van der Waals surface area contributed by atoms with Crippen molar-refractivity contribution in [2.75, 3.05) is 5.32 Å². The van der Waals surface area contributed by atoms with Crippen molar-refractivity contribution < 1.29 is 0 Å². The van der Waals surface area contributed by atoms with Crippen LogP contribution in [0.4, 0.5) is 11.5 Å². The lowest BCUT2D eigenvalue weighted by Crippen LogP contribution is -1.98. The number of rotatable bonds is 2. The first-order valence-electron chi connectivity index (χ1n) is 4.64. The zero-order chi connectivity index (χ0) is 12.3. The summed E-state index contributed by atoms with van der Waals surface area (Å²) in [6.07, 6.45) is 1.49. The third-order valence-electron chi connectivity index (χ3n) is 2.02. The molecule has 0 fully saturated rings. The Labute approximate surface area is 115 Å². The predicted molar refractivity (Wildman–Crippen MR) is 71.9 cm³/mol. The van der Waals surface area contributed by atoms with Gasteiger partial charge in [-0.1, -0.05) is 15.9 Å². The normalized spacial score (nSPS) is 9.71. The van der Waals surface area contributed by atoms with Crippen LogP contribution in [0.2, 0.25) is 0 Å². The first-order chi connectivity index (χ1) is 8.20. The predicted octanol–water partition coefficient (Wildman–Crippen LogP) is 3.62. The largest absolute Gasteiger partial charge is 0.337 e. The number of benzene rings is 1. The molecular weight excluding hydrogens is 348 g/mol. The Morgan fingerprint density at radius 3 is 2.82 bits per heavy atom. The maximum absolute atomic E-state index is 8.94. The molecule has 0 spiro atoms. The molecule has 0 atom stereocenters. The molecular formula is C11H6Br2N4. The molecule has 0 aliphatic carbocycles. The molecule has 0 amide bonds. The minimum Gasteiger partial charge on any atom is -0.337 e. The Bertz CT molecular complexity index is 592. The zero-order valence-corrected chi connectivity index (χ0v) is 11.7. The number of anilines is 2. The first-order valence-corrected chi connectivity index (χ1v) is 6.23. The molecule has 0 saturated heterocycles. The van der Waals surface area contributed by atoms with Crippen molar-refractivity contribution in [2.45, 2.75) is 0 Å². The lowest BCUT2D eigenvalue weighted by Gasteiger charge is -2.08. The Balaban J connectivity index is 2.38. The average molecular weight is 354 g/mol. The number of halogens is 2. The number of hydrogen-bond acceptors (Lipinski definition) is 4. The Morgan fingerprint density at radius 1 is 1.24 bits per heavy atom. The van der Waals surface area contributed by atoms with Gasteiger partial charge < -0.3 is 5.32 Å². The highest BCUT2D eigenvalue weighted by Crippen LogP contribution is 2.28. The minimum absolute atomic E-state index is 0.439. The van der Waals surface area contributed by atoms with Crippen LogP contribution in [0.5, 0.6) is 0 Å². The molecule has 0 radical (unpaired) electrons. The second-order valence-corrected chi connectivity index (χ2v) is 4.92. The third kappa shape index (κ3) is 2.81. The van der Waals surface area contributed by atoms with Crippen molar-refractivity contribution in [3.8, 4) is 6.07 Å².